The highest BCUT2D eigenvalue weighted by Gasteiger charge is 2.30. The molecule has 0 rings (SSSR count). The van der Waals surface area contributed by atoms with E-state index < -0.39 is 97.5 Å². The molecule has 0 amide bonds. The van der Waals surface area contributed by atoms with Crippen molar-refractivity contribution in [2.75, 3.05) is 39.6 Å². The van der Waals surface area contributed by atoms with Crippen molar-refractivity contribution in [2.45, 2.75) is 399 Å². The topological polar surface area (TPSA) is 237 Å². The minimum absolute atomic E-state index is 0.107. The summed E-state index contributed by atoms with van der Waals surface area (Å²) < 4.78 is 68.3. The van der Waals surface area contributed by atoms with Gasteiger partial charge in [-0.3, -0.25) is 37.3 Å². The summed E-state index contributed by atoms with van der Waals surface area (Å²) in [7, 11) is -9.90. The van der Waals surface area contributed by atoms with E-state index in [1.807, 2.05) is 0 Å². The van der Waals surface area contributed by atoms with Crippen LogP contribution < -0.4 is 0 Å². The number of phosphoric ester groups is 2. The molecule has 540 valence electrons. The monoisotopic (exact) mass is 1340 g/mol. The Kier molecular flexibility index (Phi) is 65.2. The maximum Gasteiger partial charge on any atom is 0.472 e. The van der Waals surface area contributed by atoms with E-state index in [1.54, 1.807) is 0 Å². The predicted molar refractivity (Wildman–Crippen MR) is 368 cm³/mol. The third-order valence-corrected chi connectivity index (χ3v) is 18.8. The normalized spacial score (nSPS) is 14.0. The van der Waals surface area contributed by atoms with Crippen LogP contribution in [0.15, 0.2) is 0 Å². The molecule has 0 saturated carbocycles. The van der Waals surface area contributed by atoms with Crippen LogP contribution >= 0.6 is 15.6 Å². The van der Waals surface area contributed by atoms with Crippen LogP contribution in [0.5, 0.6) is 0 Å². The highest BCUT2D eigenvalue weighted by Crippen LogP contribution is 2.45. The number of carbonyl (C=O) groups excluding carboxylic acids is 4. The van der Waals surface area contributed by atoms with Gasteiger partial charge in [0.15, 0.2) is 12.2 Å². The standard InChI is InChI=1S/C72H140O17P2/c1-5-9-13-17-21-25-29-30-31-32-33-34-35-36-37-39-43-47-51-55-59-72(77)89-68(63-83-70(75)57-53-49-45-42-38-26-22-18-14-10-6-2)65-87-91(80,81)85-61-66(73)60-84-90(78,79)86-64-67(88-71(76)58-54-50-46-41-28-24-20-16-12-8-4)62-82-69(74)56-52-48-44-40-27-23-19-15-11-7-3/h66-68,73H,5-65H2,1-4H3,(H,78,79)(H,80,81)/t66-,67+,68+/m0/s1. The second kappa shape index (κ2) is 66.7. The van der Waals surface area contributed by atoms with Gasteiger partial charge in [0.2, 0.25) is 0 Å². The maximum atomic E-state index is 13.0. The van der Waals surface area contributed by atoms with Gasteiger partial charge in [0.1, 0.15) is 19.3 Å². The average Bonchev–Trinajstić information content (AvgIpc) is 2.37. The first-order valence-corrected chi connectivity index (χ1v) is 40.8. The summed E-state index contributed by atoms with van der Waals surface area (Å²) in [5.41, 5.74) is 0. The van der Waals surface area contributed by atoms with Gasteiger partial charge >= 0.3 is 39.5 Å². The Balaban J connectivity index is 5.17. The van der Waals surface area contributed by atoms with Crippen LogP contribution in [0.25, 0.3) is 0 Å². The Bertz CT molecular complexity index is 1740. The van der Waals surface area contributed by atoms with Crippen LogP contribution in [0.4, 0.5) is 0 Å². The van der Waals surface area contributed by atoms with E-state index in [1.165, 1.54) is 212 Å². The van der Waals surface area contributed by atoms with E-state index >= 15 is 0 Å². The Hall–Kier alpha value is -1.94. The Morgan fingerprint density at radius 3 is 0.648 bits per heavy atom. The van der Waals surface area contributed by atoms with Gasteiger partial charge in [-0.1, -0.05) is 329 Å². The SMILES string of the molecule is CCCCCCCCCCCCCCCCCCCCCCC(=O)O[C@H](COC(=O)CCCCCCCCCCCCC)COP(=O)(O)OC[C@@H](O)COP(=O)(O)OC[C@@H](COC(=O)CCCCCCCCCCCC)OC(=O)CCCCCCCCCCCC. The zero-order valence-corrected chi connectivity index (χ0v) is 60.6. The number of hydrogen-bond acceptors (Lipinski definition) is 15. The molecule has 3 N–H and O–H groups in total. The summed E-state index contributed by atoms with van der Waals surface area (Å²) in [5.74, 6) is -2.12. The Morgan fingerprint density at radius 2 is 0.440 bits per heavy atom. The quantitative estimate of drug-likeness (QED) is 0.0222. The van der Waals surface area contributed by atoms with Gasteiger partial charge in [-0.25, -0.2) is 9.13 Å². The van der Waals surface area contributed by atoms with Crippen LogP contribution in [-0.4, -0.2) is 96.7 Å². The average molecular weight is 1340 g/mol. The smallest absolute Gasteiger partial charge is 0.462 e. The number of aliphatic hydroxyl groups excluding tert-OH is 1. The van der Waals surface area contributed by atoms with Crippen molar-refractivity contribution < 1.29 is 80.2 Å². The van der Waals surface area contributed by atoms with Crippen molar-refractivity contribution in [3.05, 3.63) is 0 Å². The highest BCUT2D eigenvalue weighted by molar-refractivity contribution is 7.47. The second-order valence-electron chi connectivity index (χ2n) is 26.0. The number of ether oxygens (including phenoxy) is 4. The van der Waals surface area contributed by atoms with E-state index in [-0.39, 0.29) is 25.7 Å². The number of aliphatic hydroxyl groups is 1. The molecule has 0 aliphatic heterocycles. The molecular weight excluding hydrogens is 1200 g/mol. The zero-order valence-electron chi connectivity index (χ0n) is 58.8. The van der Waals surface area contributed by atoms with Crippen LogP contribution in [0, 0.1) is 0 Å². The summed E-state index contributed by atoms with van der Waals surface area (Å²) in [6, 6.07) is 0. The van der Waals surface area contributed by atoms with E-state index in [0.717, 1.165) is 89.9 Å². The summed E-state index contributed by atoms with van der Waals surface area (Å²) >= 11 is 0. The third-order valence-electron chi connectivity index (χ3n) is 16.9. The molecule has 0 aliphatic carbocycles. The number of hydrogen-bond donors (Lipinski definition) is 3. The van der Waals surface area contributed by atoms with Gasteiger partial charge < -0.3 is 33.8 Å². The molecule has 17 nitrogen and oxygen atoms in total. The number of phosphoric acid groups is 2. The molecule has 0 spiro atoms. The lowest BCUT2D eigenvalue weighted by molar-refractivity contribution is -0.161. The first-order valence-electron chi connectivity index (χ1n) is 37.8. The number of rotatable bonds is 73. The predicted octanol–water partition coefficient (Wildman–Crippen LogP) is 21.1. The minimum atomic E-state index is -4.95. The molecule has 0 heterocycles. The van der Waals surface area contributed by atoms with E-state index in [9.17, 15) is 43.2 Å². The number of carbonyl (C=O) groups is 4. The molecule has 0 aromatic carbocycles. The fourth-order valence-electron chi connectivity index (χ4n) is 11.0. The van der Waals surface area contributed by atoms with E-state index in [0.29, 0.717) is 25.7 Å². The largest absolute Gasteiger partial charge is 0.472 e. The highest BCUT2D eigenvalue weighted by atomic mass is 31.2. The maximum absolute atomic E-state index is 13.0. The molecule has 91 heavy (non-hydrogen) atoms. The van der Waals surface area contributed by atoms with Crippen LogP contribution in [0.1, 0.15) is 381 Å². The van der Waals surface area contributed by atoms with Gasteiger partial charge in [0.05, 0.1) is 26.4 Å². The van der Waals surface area contributed by atoms with Crippen molar-refractivity contribution in [1.29, 1.82) is 0 Å². The van der Waals surface area contributed by atoms with Gasteiger partial charge in [0.25, 0.3) is 0 Å². The molecular formula is C72H140O17P2. The molecule has 0 aliphatic rings. The first kappa shape index (κ1) is 89.1. The summed E-state index contributed by atoms with van der Waals surface area (Å²) in [6.07, 6.45) is 55.5. The summed E-state index contributed by atoms with van der Waals surface area (Å²) in [5, 5.41) is 10.6. The first-order chi connectivity index (χ1) is 44.2. The molecule has 0 aromatic heterocycles. The number of unbranched alkanes of at least 4 members (excludes halogenated alkanes) is 47. The van der Waals surface area contributed by atoms with Gasteiger partial charge in [-0.2, -0.15) is 0 Å². The molecule has 2 unspecified atom stereocenters. The fraction of sp³-hybridized carbons (Fsp3) is 0.944. The minimum Gasteiger partial charge on any atom is -0.462 e. The lowest BCUT2D eigenvalue weighted by atomic mass is 10.0. The third kappa shape index (κ3) is 66.5. The summed E-state index contributed by atoms with van der Waals surface area (Å²) in [6.45, 7) is 4.94. The second-order valence-corrected chi connectivity index (χ2v) is 28.9. The van der Waals surface area contributed by atoms with Crippen molar-refractivity contribution in [2.24, 2.45) is 0 Å². The van der Waals surface area contributed by atoms with Crippen LogP contribution in [-0.2, 0) is 65.4 Å². The van der Waals surface area contributed by atoms with Crippen molar-refractivity contribution in [3.63, 3.8) is 0 Å². The molecule has 0 fully saturated rings. The lowest BCUT2D eigenvalue weighted by Gasteiger charge is -2.21. The van der Waals surface area contributed by atoms with Crippen molar-refractivity contribution in [3.8, 4) is 0 Å². The van der Waals surface area contributed by atoms with Crippen molar-refractivity contribution in [1.82, 2.24) is 0 Å². The molecule has 5 atom stereocenters. The molecule has 19 heteroatoms. The Morgan fingerprint density at radius 1 is 0.264 bits per heavy atom. The number of esters is 4. The van der Waals surface area contributed by atoms with E-state index in [2.05, 4.69) is 27.7 Å². The molecule has 0 saturated heterocycles. The van der Waals surface area contributed by atoms with E-state index in [4.69, 9.17) is 37.0 Å². The van der Waals surface area contributed by atoms with Gasteiger partial charge in [0, 0.05) is 25.7 Å². The zero-order chi connectivity index (χ0) is 66.8. The Labute approximate surface area is 556 Å². The van der Waals surface area contributed by atoms with Crippen LogP contribution in [0.2, 0.25) is 0 Å². The molecule has 0 radical (unpaired) electrons. The van der Waals surface area contributed by atoms with Crippen molar-refractivity contribution >= 4 is 39.5 Å². The fourth-order valence-corrected chi connectivity index (χ4v) is 12.6. The molecule has 0 aromatic rings. The lowest BCUT2D eigenvalue weighted by Crippen LogP contribution is -2.30. The summed E-state index contributed by atoms with van der Waals surface area (Å²) in [4.78, 5) is 72.5. The van der Waals surface area contributed by atoms with Crippen LogP contribution in [0.3, 0.4) is 0 Å². The van der Waals surface area contributed by atoms with Gasteiger partial charge in [-0.05, 0) is 25.7 Å². The molecule has 0 bridgehead atoms. The van der Waals surface area contributed by atoms with Gasteiger partial charge in [-0.15, -0.1) is 0 Å².